The molecule has 1 aliphatic heterocycles. The first kappa shape index (κ1) is 19.3. The zero-order chi connectivity index (χ0) is 20.1. The molecule has 1 atom stereocenters. The number of hydrogen-bond donors (Lipinski definition) is 3. The maximum atomic E-state index is 11.8. The third kappa shape index (κ3) is 4.61. The van der Waals surface area contributed by atoms with Crippen molar-refractivity contribution < 1.29 is 9.59 Å². The molecule has 2 amide bonds. The van der Waals surface area contributed by atoms with Gasteiger partial charge in [0, 0.05) is 24.8 Å². The van der Waals surface area contributed by atoms with Crippen LogP contribution in [0.1, 0.15) is 28.9 Å². The highest BCUT2D eigenvalue weighted by molar-refractivity contribution is 5.96. The van der Waals surface area contributed by atoms with E-state index in [9.17, 15) is 9.59 Å². The van der Waals surface area contributed by atoms with Crippen molar-refractivity contribution in [2.45, 2.75) is 25.8 Å². The van der Waals surface area contributed by atoms with Crippen LogP contribution in [0.4, 0.5) is 17.5 Å². The van der Waals surface area contributed by atoms with Gasteiger partial charge >= 0.3 is 0 Å². The number of amides is 2. The number of anilines is 3. The molecule has 1 fully saturated rings. The van der Waals surface area contributed by atoms with Gasteiger partial charge in [0.25, 0.3) is 5.91 Å². The van der Waals surface area contributed by atoms with E-state index >= 15 is 0 Å². The lowest BCUT2D eigenvalue weighted by Gasteiger charge is -2.32. The minimum Gasteiger partial charge on any atom is -0.364 e. The van der Waals surface area contributed by atoms with E-state index in [1.54, 1.807) is 4.90 Å². The maximum Gasteiger partial charge on any atom is 0.273 e. The number of primary amides is 1. The molecule has 1 aromatic heterocycles. The number of aryl methyl sites for hydroxylation is 1. The third-order valence-corrected chi connectivity index (χ3v) is 4.44. The Balaban J connectivity index is 1.79. The number of aromatic nitrogens is 3. The van der Waals surface area contributed by atoms with E-state index in [1.807, 2.05) is 31.2 Å². The van der Waals surface area contributed by atoms with E-state index in [-0.39, 0.29) is 29.4 Å². The fraction of sp³-hybridized carbons (Fsp3) is 0.316. The molecule has 28 heavy (non-hydrogen) atoms. The monoisotopic (exact) mass is 381 g/mol. The zero-order valence-electron chi connectivity index (χ0n) is 15.7. The van der Waals surface area contributed by atoms with Crippen molar-refractivity contribution >= 4 is 29.3 Å². The number of carbonyl (C=O) groups excluding carboxylic acids is 2. The first-order valence-electron chi connectivity index (χ1n) is 9.02. The topological polar surface area (TPSA) is 126 Å². The molecule has 1 aliphatic rings. The standard InChI is InChI=1S/C19H23N7O2/c1-3-15(27)26-9-5-8-14(11-26)22-19-23-18(16(17(20)28)24-25-19)21-13-7-4-6-12(2)10-13/h3-4,6-7,10,14H,1,5,8-9,11H2,2H3,(H2,20,28)(H2,21,22,23,25)/t14-/m1/s1. The van der Waals surface area contributed by atoms with Gasteiger partial charge in [-0.05, 0) is 43.5 Å². The number of nitrogens with zero attached hydrogens (tertiary/aromatic N) is 4. The lowest BCUT2D eigenvalue weighted by Crippen LogP contribution is -2.44. The van der Waals surface area contributed by atoms with Crippen molar-refractivity contribution in [2.75, 3.05) is 23.7 Å². The van der Waals surface area contributed by atoms with Gasteiger partial charge in [-0.3, -0.25) is 9.59 Å². The summed E-state index contributed by atoms with van der Waals surface area (Å²) in [6.07, 6.45) is 3.03. The van der Waals surface area contributed by atoms with Crippen LogP contribution in [0.15, 0.2) is 36.9 Å². The molecular weight excluding hydrogens is 358 g/mol. The van der Waals surface area contributed by atoms with Crippen molar-refractivity contribution in [3.8, 4) is 0 Å². The van der Waals surface area contributed by atoms with Crippen molar-refractivity contribution in [1.29, 1.82) is 0 Å². The van der Waals surface area contributed by atoms with Gasteiger partial charge in [-0.15, -0.1) is 10.2 Å². The average molecular weight is 381 g/mol. The van der Waals surface area contributed by atoms with Crippen LogP contribution in [0.5, 0.6) is 0 Å². The van der Waals surface area contributed by atoms with Crippen LogP contribution in [-0.2, 0) is 4.79 Å². The van der Waals surface area contributed by atoms with Crippen LogP contribution in [0.3, 0.4) is 0 Å². The molecule has 0 bridgehead atoms. The lowest BCUT2D eigenvalue weighted by atomic mass is 10.1. The summed E-state index contributed by atoms with van der Waals surface area (Å²) in [6, 6.07) is 7.60. The Morgan fingerprint density at radius 1 is 1.36 bits per heavy atom. The zero-order valence-corrected chi connectivity index (χ0v) is 15.7. The molecule has 3 rings (SSSR count). The third-order valence-electron chi connectivity index (χ3n) is 4.44. The van der Waals surface area contributed by atoms with E-state index in [1.165, 1.54) is 6.08 Å². The molecule has 0 spiro atoms. The minimum absolute atomic E-state index is 0.0225. The highest BCUT2D eigenvalue weighted by Gasteiger charge is 2.23. The largest absolute Gasteiger partial charge is 0.364 e. The highest BCUT2D eigenvalue weighted by atomic mass is 16.2. The smallest absolute Gasteiger partial charge is 0.273 e. The molecule has 146 valence electrons. The number of piperidine rings is 1. The number of benzene rings is 1. The van der Waals surface area contributed by atoms with E-state index in [0.29, 0.717) is 13.1 Å². The van der Waals surface area contributed by atoms with Crippen LogP contribution in [0.25, 0.3) is 0 Å². The molecule has 9 heteroatoms. The summed E-state index contributed by atoms with van der Waals surface area (Å²) in [5.41, 5.74) is 7.18. The number of rotatable bonds is 6. The molecular formula is C19H23N7O2. The van der Waals surface area contributed by atoms with Crippen LogP contribution < -0.4 is 16.4 Å². The van der Waals surface area contributed by atoms with E-state index in [2.05, 4.69) is 32.4 Å². The van der Waals surface area contributed by atoms with E-state index in [4.69, 9.17) is 5.73 Å². The molecule has 0 radical (unpaired) electrons. The number of carbonyl (C=O) groups is 2. The van der Waals surface area contributed by atoms with Gasteiger partial charge in [-0.1, -0.05) is 18.7 Å². The Kier molecular flexibility index (Phi) is 5.83. The quantitative estimate of drug-likeness (QED) is 0.649. The normalized spacial score (nSPS) is 16.3. The van der Waals surface area contributed by atoms with Gasteiger partial charge in [-0.2, -0.15) is 4.98 Å². The molecule has 2 aromatic rings. The summed E-state index contributed by atoms with van der Waals surface area (Å²) in [6.45, 7) is 6.71. The van der Waals surface area contributed by atoms with E-state index in [0.717, 1.165) is 24.1 Å². The lowest BCUT2D eigenvalue weighted by molar-refractivity contribution is -0.127. The summed E-state index contributed by atoms with van der Waals surface area (Å²) in [5, 5.41) is 14.2. The second-order valence-corrected chi connectivity index (χ2v) is 6.66. The summed E-state index contributed by atoms with van der Waals surface area (Å²) in [7, 11) is 0. The fourth-order valence-corrected chi connectivity index (χ4v) is 3.11. The minimum atomic E-state index is -0.720. The predicted octanol–water partition coefficient (Wildman–Crippen LogP) is 1.61. The molecule has 0 saturated carbocycles. The predicted molar refractivity (Wildman–Crippen MR) is 106 cm³/mol. The van der Waals surface area contributed by atoms with Gasteiger partial charge < -0.3 is 21.3 Å². The average Bonchev–Trinajstić information content (AvgIpc) is 2.67. The number of nitrogens with two attached hydrogens (primary N) is 1. The van der Waals surface area contributed by atoms with Crippen molar-refractivity contribution in [2.24, 2.45) is 5.73 Å². The van der Waals surface area contributed by atoms with E-state index < -0.39 is 5.91 Å². The Hall–Kier alpha value is -3.49. The van der Waals surface area contributed by atoms with Gasteiger partial charge in [-0.25, -0.2) is 0 Å². The second-order valence-electron chi connectivity index (χ2n) is 6.66. The summed E-state index contributed by atoms with van der Waals surface area (Å²) in [5.74, 6) is -0.331. The number of nitrogens with one attached hydrogen (secondary N) is 2. The van der Waals surface area contributed by atoms with Gasteiger partial charge in [0.2, 0.25) is 11.9 Å². The maximum absolute atomic E-state index is 11.8. The van der Waals surface area contributed by atoms with Gasteiger partial charge in [0.1, 0.15) is 0 Å². The molecule has 0 unspecified atom stereocenters. The second kappa shape index (κ2) is 8.47. The van der Waals surface area contributed by atoms with Crippen molar-refractivity contribution in [3.63, 3.8) is 0 Å². The Morgan fingerprint density at radius 3 is 2.89 bits per heavy atom. The number of likely N-dealkylation sites (tertiary alicyclic amines) is 1. The Morgan fingerprint density at radius 2 is 2.18 bits per heavy atom. The summed E-state index contributed by atoms with van der Waals surface area (Å²) < 4.78 is 0. The van der Waals surface area contributed by atoms with Crippen molar-refractivity contribution in [1.82, 2.24) is 20.1 Å². The molecule has 4 N–H and O–H groups in total. The molecule has 2 heterocycles. The number of hydrogen-bond acceptors (Lipinski definition) is 7. The van der Waals surface area contributed by atoms with Gasteiger partial charge in [0.05, 0.1) is 0 Å². The highest BCUT2D eigenvalue weighted by Crippen LogP contribution is 2.20. The first-order valence-corrected chi connectivity index (χ1v) is 9.02. The molecule has 1 aromatic carbocycles. The van der Waals surface area contributed by atoms with Gasteiger partial charge in [0.15, 0.2) is 11.5 Å². The molecule has 1 saturated heterocycles. The first-order chi connectivity index (χ1) is 13.5. The Bertz CT molecular complexity index is 900. The van der Waals surface area contributed by atoms with Crippen molar-refractivity contribution in [3.05, 3.63) is 48.2 Å². The molecule has 9 nitrogen and oxygen atoms in total. The Labute approximate surface area is 163 Å². The summed E-state index contributed by atoms with van der Waals surface area (Å²) >= 11 is 0. The van der Waals surface area contributed by atoms with Crippen LogP contribution >= 0.6 is 0 Å². The SMILES string of the molecule is C=CC(=O)N1CCC[C@@H](Nc2nnc(C(N)=O)c(Nc3cccc(C)c3)n2)C1. The van der Waals surface area contributed by atoms with Crippen LogP contribution in [-0.4, -0.2) is 51.0 Å². The van der Waals surface area contributed by atoms with Crippen LogP contribution in [0, 0.1) is 6.92 Å². The molecule has 0 aliphatic carbocycles. The fourth-order valence-electron chi connectivity index (χ4n) is 3.11. The summed E-state index contributed by atoms with van der Waals surface area (Å²) in [4.78, 5) is 29.7. The van der Waals surface area contributed by atoms with Crippen LogP contribution in [0.2, 0.25) is 0 Å².